The zero-order valence-corrected chi connectivity index (χ0v) is 13.1. The first-order valence-corrected chi connectivity index (χ1v) is 7.02. The van der Waals surface area contributed by atoms with Gasteiger partial charge in [-0.3, -0.25) is 0 Å². The van der Waals surface area contributed by atoms with Crippen LogP contribution in [0.4, 0.5) is 4.79 Å². The lowest BCUT2D eigenvalue weighted by Crippen LogP contribution is -2.43. The van der Waals surface area contributed by atoms with E-state index in [0.29, 0.717) is 19.6 Å². The number of aromatic nitrogens is 1. The van der Waals surface area contributed by atoms with Gasteiger partial charge in [0.15, 0.2) is 6.39 Å². The maximum absolute atomic E-state index is 12.1. The van der Waals surface area contributed by atoms with E-state index in [9.17, 15) is 9.90 Å². The van der Waals surface area contributed by atoms with Crippen molar-refractivity contribution in [3.05, 3.63) is 18.4 Å². The van der Waals surface area contributed by atoms with Crippen LogP contribution < -0.4 is 5.32 Å². The number of ether oxygens (including phenoxy) is 1. The Hall–Kier alpha value is -1.60. The van der Waals surface area contributed by atoms with Crippen molar-refractivity contribution >= 4 is 6.09 Å². The van der Waals surface area contributed by atoms with Gasteiger partial charge in [-0.15, -0.1) is 0 Å². The first kappa shape index (κ1) is 17.5. The molecule has 1 atom stereocenters. The van der Waals surface area contributed by atoms with Gasteiger partial charge in [0.25, 0.3) is 0 Å². The second-order valence-corrected chi connectivity index (χ2v) is 5.92. The molecule has 1 aromatic heterocycles. The summed E-state index contributed by atoms with van der Waals surface area (Å²) in [6, 6.07) is 0. The first-order valence-electron chi connectivity index (χ1n) is 7.02. The average molecular weight is 299 g/mol. The summed E-state index contributed by atoms with van der Waals surface area (Å²) in [5, 5.41) is 12.6. The molecule has 7 nitrogen and oxygen atoms in total. The molecule has 0 aliphatic carbocycles. The number of carbonyl (C=O) groups is 1. The molecule has 2 N–H and O–H groups in total. The average Bonchev–Trinajstić information content (AvgIpc) is 2.83. The number of nitrogens with zero attached hydrogens (tertiary/aromatic N) is 2. The summed E-state index contributed by atoms with van der Waals surface area (Å²) < 4.78 is 10.4. The maximum atomic E-state index is 12.1. The largest absolute Gasteiger partial charge is 0.447 e. The molecular formula is C14H25N3O4. The lowest BCUT2D eigenvalue weighted by Gasteiger charge is -2.28. The van der Waals surface area contributed by atoms with Crippen LogP contribution in [-0.4, -0.2) is 52.4 Å². The van der Waals surface area contributed by atoms with Crippen molar-refractivity contribution in [2.75, 3.05) is 19.6 Å². The molecule has 1 rings (SSSR count). The number of nitrogens with one attached hydrogen (secondary N) is 1. The Bertz CT molecular complexity index is 412. The summed E-state index contributed by atoms with van der Waals surface area (Å²) in [5.41, 5.74) is -0.554. The van der Waals surface area contributed by atoms with Gasteiger partial charge in [0, 0.05) is 19.6 Å². The predicted octanol–water partition coefficient (Wildman–Crippen LogP) is 1.38. The highest BCUT2D eigenvalue weighted by molar-refractivity contribution is 5.68. The lowest BCUT2D eigenvalue weighted by molar-refractivity contribution is 0.0164. The normalized spacial score (nSPS) is 13.0. The van der Waals surface area contributed by atoms with Gasteiger partial charge in [-0.05, 0) is 27.7 Å². The summed E-state index contributed by atoms with van der Waals surface area (Å²) in [6.07, 6.45) is 1.97. The summed E-state index contributed by atoms with van der Waals surface area (Å²) in [7, 11) is 0. The number of hydrogen-bond acceptors (Lipinski definition) is 6. The van der Waals surface area contributed by atoms with Crippen molar-refractivity contribution in [1.82, 2.24) is 15.2 Å². The fourth-order valence-corrected chi connectivity index (χ4v) is 1.66. The zero-order chi connectivity index (χ0) is 15.9. The van der Waals surface area contributed by atoms with E-state index in [-0.39, 0.29) is 6.54 Å². The van der Waals surface area contributed by atoms with Gasteiger partial charge in [0.2, 0.25) is 0 Å². The Kier molecular flexibility index (Phi) is 6.64. The SMILES string of the molecule is CC(O)CN(CCNCc1cnco1)C(=O)OC(C)(C)C. The number of aliphatic hydroxyl groups is 1. The molecule has 0 bridgehead atoms. The molecule has 0 fully saturated rings. The minimum Gasteiger partial charge on any atom is -0.447 e. The second-order valence-electron chi connectivity index (χ2n) is 5.92. The third-order valence-electron chi connectivity index (χ3n) is 2.48. The van der Waals surface area contributed by atoms with Crippen LogP contribution in [0.1, 0.15) is 33.5 Å². The molecule has 0 radical (unpaired) electrons. The second kappa shape index (κ2) is 7.99. The van der Waals surface area contributed by atoms with Gasteiger partial charge < -0.3 is 24.5 Å². The maximum Gasteiger partial charge on any atom is 0.410 e. The number of amides is 1. The number of carbonyl (C=O) groups excluding carboxylic acids is 1. The van der Waals surface area contributed by atoms with Gasteiger partial charge >= 0.3 is 6.09 Å². The van der Waals surface area contributed by atoms with Crippen LogP contribution in [0.25, 0.3) is 0 Å². The molecule has 1 unspecified atom stereocenters. The van der Waals surface area contributed by atoms with Crippen molar-refractivity contribution in [3.63, 3.8) is 0 Å². The minimum absolute atomic E-state index is 0.235. The van der Waals surface area contributed by atoms with Crippen molar-refractivity contribution in [2.45, 2.75) is 45.9 Å². The number of rotatable bonds is 7. The molecule has 21 heavy (non-hydrogen) atoms. The van der Waals surface area contributed by atoms with E-state index in [2.05, 4.69) is 10.3 Å². The molecule has 0 saturated heterocycles. The first-order chi connectivity index (χ1) is 9.78. The van der Waals surface area contributed by atoms with Crippen LogP contribution in [0.5, 0.6) is 0 Å². The van der Waals surface area contributed by atoms with E-state index in [1.54, 1.807) is 13.1 Å². The molecule has 0 aromatic carbocycles. The highest BCUT2D eigenvalue weighted by Gasteiger charge is 2.22. The molecule has 0 aliphatic heterocycles. The van der Waals surface area contributed by atoms with E-state index in [4.69, 9.17) is 9.15 Å². The fourth-order valence-electron chi connectivity index (χ4n) is 1.66. The standard InChI is InChI=1S/C14H25N3O4/c1-11(18)9-17(13(19)21-14(2,3)4)6-5-15-7-12-8-16-10-20-12/h8,10-11,15,18H,5-7,9H2,1-4H3. The Labute approximate surface area is 125 Å². The van der Waals surface area contributed by atoms with Crippen LogP contribution >= 0.6 is 0 Å². The molecule has 1 amide bonds. The summed E-state index contributed by atoms with van der Waals surface area (Å²) in [5.74, 6) is 0.731. The van der Waals surface area contributed by atoms with Crippen molar-refractivity contribution < 1.29 is 19.1 Å². The summed E-state index contributed by atoms with van der Waals surface area (Å²) >= 11 is 0. The van der Waals surface area contributed by atoms with Crippen LogP contribution in [0, 0.1) is 0 Å². The van der Waals surface area contributed by atoms with Crippen LogP contribution in [0.3, 0.4) is 0 Å². The molecule has 0 spiro atoms. The monoisotopic (exact) mass is 299 g/mol. The fraction of sp³-hybridized carbons (Fsp3) is 0.714. The highest BCUT2D eigenvalue weighted by atomic mass is 16.6. The molecule has 0 aliphatic rings. The van der Waals surface area contributed by atoms with E-state index >= 15 is 0 Å². The van der Waals surface area contributed by atoms with Crippen LogP contribution in [0.15, 0.2) is 17.0 Å². The van der Waals surface area contributed by atoms with Gasteiger partial charge in [-0.2, -0.15) is 0 Å². The number of hydrogen-bond donors (Lipinski definition) is 2. The van der Waals surface area contributed by atoms with E-state index in [1.165, 1.54) is 11.3 Å². The Morgan fingerprint density at radius 3 is 2.81 bits per heavy atom. The Morgan fingerprint density at radius 2 is 2.29 bits per heavy atom. The van der Waals surface area contributed by atoms with Crippen molar-refractivity contribution in [2.24, 2.45) is 0 Å². The smallest absolute Gasteiger partial charge is 0.410 e. The van der Waals surface area contributed by atoms with Gasteiger partial charge in [-0.25, -0.2) is 9.78 Å². The topological polar surface area (TPSA) is 87.8 Å². The highest BCUT2D eigenvalue weighted by Crippen LogP contribution is 2.10. The van der Waals surface area contributed by atoms with Crippen LogP contribution in [0.2, 0.25) is 0 Å². The Balaban J connectivity index is 2.40. The third-order valence-corrected chi connectivity index (χ3v) is 2.48. The predicted molar refractivity (Wildman–Crippen MR) is 77.7 cm³/mol. The molecule has 0 saturated carbocycles. The van der Waals surface area contributed by atoms with E-state index in [1.807, 2.05) is 20.8 Å². The third kappa shape index (κ3) is 7.67. The molecule has 1 aromatic rings. The Morgan fingerprint density at radius 1 is 1.57 bits per heavy atom. The number of oxazole rings is 1. The lowest BCUT2D eigenvalue weighted by atomic mass is 10.2. The number of aliphatic hydroxyl groups excluding tert-OH is 1. The van der Waals surface area contributed by atoms with Gasteiger partial charge in [-0.1, -0.05) is 0 Å². The van der Waals surface area contributed by atoms with Crippen molar-refractivity contribution in [1.29, 1.82) is 0 Å². The zero-order valence-electron chi connectivity index (χ0n) is 13.1. The molecular weight excluding hydrogens is 274 g/mol. The quantitative estimate of drug-likeness (QED) is 0.740. The summed E-state index contributed by atoms with van der Waals surface area (Å²) in [6.45, 7) is 8.85. The summed E-state index contributed by atoms with van der Waals surface area (Å²) in [4.78, 5) is 17.4. The molecule has 120 valence electrons. The van der Waals surface area contributed by atoms with E-state index in [0.717, 1.165) is 5.76 Å². The molecule has 7 heteroatoms. The van der Waals surface area contributed by atoms with Gasteiger partial charge in [0.1, 0.15) is 11.4 Å². The van der Waals surface area contributed by atoms with Crippen molar-refractivity contribution in [3.8, 4) is 0 Å². The molecule has 1 heterocycles. The van der Waals surface area contributed by atoms with E-state index < -0.39 is 17.8 Å². The minimum atomic E-state index is -0.605. The van der Waals surface area contributed by atoms with Gasteiger partial charge in [0.05, 0.1) is 18.8 Å². The van der Waals surface area contributed by atoms with Crippen LogP contribution in [-0.2, 0) is 11.3 Å².